The fourth-order valence-electron chi connectivity index (χ4n) is 4.63. The van der Waals surface area contributed by atoms with Crippen LogP contribution < -0.4 is 9.62 Å². The molecular weight excluding hydrogens is 476 g/mol. The van der Waals surface area contributed by atoms with Crippen LogP contribution in [0.2, 0.25) is 0 Å². The van der Waals surface area contributed by atoms with Gasteiger partial charge in [0.05, 0.1) is 0 Å². The first-order valence-corrected chi connectivity index (χ1v) is 14.2. The van der Waals surface area contributed by atoms with Crippen molar-refractivity contribution in [2.45, 2.75) is 104 Å². The molecule has 0 atom stereocenters. The number of fused-ring (bicyclic) bond motifs is 1. The van der Waals surface area contributed by atoms with Crippen LogP contribution in [0.4, 0.5) is 11.4 Å². The Hall–Kier alpha value is -0.329. The molecule has 1 aliphatic heterocycles. The van der Waals surface area contributed by atoms with E-state index in [9.17, 15) is 0 Å². The van der Waals surface area contributed by atoms with Gasteiger partial charge in [0.15, 0.2) is 0 Å². The minimum atomic E-state index is -0.189. The van der Waals surface area contributed by atoms with E-state index in [1.807, 2.05) is 0 Å². The number of benzene rings is 1. The van der Waals surface area contributed by atoms with Gasteiger partial charge >= 0.3 is 7.55 Å². The van der Waals surface area contributed by atoms with E-state index in [2.05, 4.69) is 125 Å². The summed E-state index contributed by atoms with van der Waals surface area (Å²) in [7, 11) is 2.04. The van der Waals surface area contributed by atoms with Crippen molar-refractivity contribution in [3.05, 3.63) is 24.3 Å². The van der Waals surface area contributed by atoms with Crippen LogP contribution in [0.25, 0.3) is 0 Å². The molecule has 0 aliphatic carbocycles. The third kappa shape index (κ3) is 8.16. The number of para-hydroxylation sites is 2. The quantitative estimate of drug-likeness (QED) is 0.230. The molecule has 0 saturated heterocycles. The van der Waals surface area contributed by atoms with Crippen molar-refractivity contribution >= 4 is 34.8 Å². The molecule has 1 aliphatic rings. The topological polar surface area (TPSA) is 54.1 Å². The Labute approximate surface area is 212 Å². The van der Waals surface area contributed by atoms with Gasteiger partial charge in [-0.3, -0.25) is 0 Å². The molecule has 0 bridgehead atoms. The molecule has 1 aromatic rings. The number of nitrogens with zero attached hydrogens (tertiary/aromatic N) is 4. The molecule has 0 amide bonds. The predicted octanol–water partition coefficient (Wildman–Crippen LogP) is 7.95. The first kappa shape index (κ1) is 31.7. The average molecular weight is 520 g/mol. The van der Waals surface area contributed by atoms with Gasteiger partial charge in [0, 0.05) is 51.5 Å². The van der Waals surface area contributed by atoms with Crippen LogP contribution in [-0.4, -0.2) is 40.7 Å². The molecule has 1 aromatic carbocycles. The van der Waals surface area contributed by atoms with Crippen LogP contribution >= 0.6 is 15.8 Å². The number of anilines is 2. The molecule has 1 heterocycles. The zero-order valence-corrected chi connectivity index (χ0v) is 25.1. The second kappa shape index (κ2) is 11.4. The van der Waals surface area contributed by atoms with E-state index >= 15 is 0 Å². The van der Waals surface area contributed by atoms with Crippen molar-refractivity contribution in [1.29, 1.82) is 10.8 Å². The van der Waals surface area contributed by atoms with Gasteiger partial charge in [-0.15, -0.1) is 0 Å². The summed E-state index contributed by atoms with van der Waals surface area (Å²) in [6, 6.07) is 8.99. The van der Waals surface area contributed by atoms with Gasteiger partial charge in [0.2, 0.25) is 0 Å². The van der Waals surface area contributed by atoms with E-state index in [1.54, 1.807) is 0 Å². The smallest absolute Gasteiger partial charge is 0.392 e. The normalized spacial score (nSPS) is 14.5. The molecule has 0 N–H and O–H groups in total. The second-order valence-electron chi connectivity index (χ2n) is 12.4. The molecule has 0 unspecified atom stereocenters. The fourth-order valence-corrected chi connectivity index (χ4v) is 11.4. The van der Waals surface area contributed by atoms with Gasteiger partial charge in [0.1, 0.15) is 0 Å². The molecule has 0 spiro atoms. The SMILES string of the molecule is CC(C)(C)P(CN1[B]N(CP(C(C)(C)C)C(C)(C)C)c2ccccc21)C(C)(C)C.N#N.[Co]. The summed E-state index contributed by atoms with van der Waals surface area (Å²) in [5.41, 5.74) is 2.76. The van der Waals surface area contributed by atoms with Crippen molar-refractivity contribution in [2.24, 2.45) is 0 Å². The standard InChI is InChI=1S/C24H44BN2P2.Co.N2/c1-21(2,3)28(22(4,5)6)17-26-19-15-13-14-16-20(19)27(25-26)18-29(23(7,8)9)24(10,11)12;;1-2/h13-16H,17-18H2,1-12H3;;. The predicted molar refractivity (Wildman–Crippen MR) is 143 cm³/mol. The maximum Gasteiger partial charge on any atom is 0.392 e. The Morgan fingerprint density at radius 3 is 1.09 bits per heavy atom. The molecule has 0 fully saturated rings. The Morgan fingerprint density at radius 1 is 0.625 bits per heavy atom. The van der Waals surface area contributed by atoms with E-state index in [0.717, 1.165) is 12.6 Å². The minimum Gasteiger partial charge on any atom is -0.393 e. The van der Waals surface area contributed by atoms with Crippen molar-refractivity contribution in [3.63, 3.8) is 0 Å². The molecule has 2 rings (SSSR count). The zero-order valence-electron chi connectivity index (χ0n) is 22.3. The van der Waals surface area contributed by atoms with Gasteiger partial charge in [-0.25, -0.2) is 0 Å². The van der Waals surface area contributed by atoms with Gasteiger partial charge < -0.3 is 9.62 Å². The first-order chi connectivity index (χ1) is 13.9. The van der Waals surface area contributed by atoms with Crippen LogP contribution in [0.3, 0.4) is 0 Å². The molecule has 32 heavy (non-hydrogen) atoms. The third-order valence-corrected chi connectivity index (χ3v) is 13.3. The Bertz CT molecular complexity index is 658. The number of hydrogen-bond donors (Lipinski definition) is 0. The molecule has 4 nitrogen and oxygen atoms in total. The minimum absolute atomic E-state index is 0. The Kier molecular flexibility index (Phi) is 11.3. The fraction of sp³-hybridized carbons (Fsp3) is 0.750. The number of rotatable bonds is 4. The van der Waals surface area contributed by atoms with Crippen molar-refractivity contribution in [1.82, 2.24) is 0 Å². The molecule has 8 heteroatoms. The summed E-state index contributed by atoms with van der Waals surface area (Å²) >= 11 is 0. The molecule has 182 valence electrons. The van der Waals surface area contributed by atoms with Crippen LogP contribution in [0, 0.1) is 10.8 Å². The summed E-state index contributed by atoms with van der Waals surface area (Å²) in [6.45, 7) is 29.0. The average Bonchev–Trinajstić information content (AvgIpc) is 2.93. The van der Waals surface area contributed by atoms with Gasteiger partial charge in [-0.05, 0) is 32.8 Å². The maximum absolute atomic E-state index is 6.00. The van der Waals surface area contributed by atoms with Crippen molar-refractivity contribution < 1.29 is 16.8 Å². The van der Waals surface area contributed by atoms with E-state index in [4.69, 9.17) is 10.8 Å². The first-order valence-electron chi connectivity index (χ1n) is 11.2. The molecule has 2 radical (unpaired) electrons. The largest absolute Gasteiger partial charge is 0.393 e. The van der Waals surface area contributed by atoms with E-state index < -0.39 is 0 Å². The molecular formula is C24H44BCoN4P2. The summed E-state index contributed by atoms with van der Waals surface area (Å²) in [5.74, 6) is 0. The van der Waals surface area contributed by atoms with Crippen LogP contribution in [0.15, 0.2) is 24.3 Å². The molecule has 0 aromatic heterocycles. The molecule has 0 saturated carbocycles. The second-order valence-corrected chi connectivity index (χ2v) is 20.0. The van der Waals surface area contributed by atoms with E-state index in [-0.39, 0.29) is 32.6 Å². The van der Waals surface area contributed by atoms with Crippen molar-refractivity contribution in [3.8, 4) is 0 Å². The summed E-state index contributed by atoms with van der Waals surface area (Å²) < 4.78 is 0. The summed E-state index contributed by atoms with van der Waals surface area (Å²) in [6.07, 6.45) is 2.25. The van der Waals surface area contributed by atoms with Crippen LogP contribution in [0.5, 0.6) is 0 Å². The van der Waals surface area contributed by atoms with Crippen molar-refractivity contribution in [2.75, 3.05) is 22.2 Å². The monoisotopic (exact) mass is 520 g/mol. The van der Waals surface area contributed by atoms with Gasteiger partial charge in [-0.1, -0.05) is 111 Å². The number of hydrogen-bond acceptors (Lipinski definition) is 4. The van der Waals surface area contributed by atoms with Crippen LogP contribution in [0.1, 0.15) is 83.1 Å². The van der Waals surface area contributed by atoms with Gasteiger partial charge in [-0.2, -0.15) is 0 Å². The van der Waals surface area contributed by atoms with Crippen LogP contribution in [-0.2, 0) is 16.8 Å². The summed E-state index contributed by atoms with van der Waals surface area (Å²) in [5, 5.41) is 13.3. The van der Waals surface area contributed by atoms with E-state index in [0.29, 0.717) is 20.6 Å². The Morgan fingerprint density at radius 2 is 0.875 bits per heavy atom. The maximum atomic E-state index is 6.00. The van der Waals surface area contributed by atoms with Gasteiger partial charge in [0.25, 0.3) is 0 Å². The summed E-state index contributed by atoms with van der Waals surface area (Å²) in [4.78, 5) is 5.10. The Balaban J connectivity index is 0.00000311. The van der Waals surface area contributed by atoms with E-state index in [1.165, 1.54) is 11.4 Å². The zero-order chi connectivity index (χ0) is 24.4. The third-order valence-electron chi connectivity index (χ3n) is 5.61.